The van der Waals surface area contributed by atoms with Crippen molar-refractivity contribution in [1.29, 1.82) is 0 Å². The summed E-state index contributed by atoms with van der Waals surface area (Å²) < 4.78 is 0. The van der Waals surface area contributed by atoms with Crippen LogP contribution in [-0.4, -0.2) is 47.4 Å². The Bertz CT molecular complexity index is 379. The van der Waals surface area contributed by atoms with Crippen molar-refractivity contribution in [2.45, 2.75) is 64.0 Å². The molecule has 3 atom stereocenters. The molecule has 2 saturated heterocycles. The second-order valence-electron chi connectivity index (χ2n) is 6.56. The fraction of sp³-hybridized carbons (Fsp3) is 0.824. The van der Waals surface area contributed by atoms with Gasteiger partial charge in [-0.2, -0.15) is 0 Å². The zero-order valence-corrected chi connectivity index (χ0v) is 12.8. The molecule has 0 aromatic heterocycles. The second-order valence-corrected chi connectivity index (χ2v) is 6.56. The molecule has 1 aliphatic carbocycles. The fourth-order valence-corrected chi connectivity index (χ4v) is 4.40. The lowest BCUT2D eigenvalue weighted by Crippen LogP contribution is -2.49. The Morgan fingerprint density at radius 1 is 1.10 bits per heavy atom. The molecule has 0 unspecified atom stereocenters. The Morgan fingerprint density at radius 3 is 2.65 bits per heavy atom. The van der Waals surface area contributed by atoms with E-state index in [1.165, 1.54) is 32.2 Å². The quantitative estimate of drug-likeness (QED) is 0.740. The van der Waals surface area contributed by atoms with Crippen LogP contribution >= 0.6 is 0 Å². The van der Waals surface area contributed by atoms with E-state index in [0.29, 0.717) is 18.0 Å². The van der Waals surface area contributed by atoms with E-state index in [0.717, 1.165) is 32.4 Å². The molecule has 3 aliphatic rings. The molecule has 0 radical (unpaired) electrons. The van der Waals surface area contributed by atoms with Gasteiger partial charge in [0.25, 0.3) is 0 Å². The predicted molar refractivity (Wildman–Crippen MR) is 81.5 cm³/mol. The minimum atomic E-state index is 0.261. The van der Waals surface area contributed by atoms with Crippen LogP contribution in [-0.2, 0) is 4.79 Å². The summed E-state index contributed by atoms with van der Waals surface area (Å²) in [5.41, 5.74) is 0. The van der Waals surface area contributed by atoms with Crippen molar-refractivity contribution in [1.82, 2.24) is 9.80 Å². The molecule has 3 heteroatoms. The summed E-state index contributed by atoms with van der Waals surface area (Å²) in [6.07, 6.45) is 12.5. The number of carbonyl (C=O) groups excluding carboxylic acids is 1. The van der Waals surface area contributed by atoms with E-state index in [2.05, 4.69) is 28.9 Å². The summed E-state index contributed by atoms with van der Waals surface area (Å²) in [4.78, 5) is 17.7. The molecule has 0 bridgehead atoms. The number of rotatable bonds is 3. The number of amides is 1. The lowest BCUT2D eigenvalue weighted by molar-refractivity contribution is -0.137. The van der Waals surface area contributed by atoms with Crippen molar-refractivity contribution in [3.05, 3.63) is 12.2 Å². The van der Waals surface area contributed by atoms with Crippen LogP contribution in [0.3, 0.4) is 0 Å². The summed E-state index contributed by atoms with van der Waals surface area (Å²) in [6.45, 7) is 5.62. The van der Waals surface area contributed by atoms with Gasteiger partial charge in [0.15, 0.2) is 0 Å². The number of hydrogen-bond donors (Lipinski definition) is 0. The highest BCUT2D eigenvalue weighted by atomic mass is 16.2. The van der Waals surface area contributed by atoms with Gasteiger partial charge in [-0.1, -0.05) is 19.1 Å². The molecule has 0 aromatic rings. The van der Waals surface area contributed by atoms with Gasteiger partial charge in [-0.25, -0.2) is 0 Å². The molecule has 1 amide bonds. The summed E-state index contributed by atoms with van der Waals surface area (Å²) in [7, 11) is 0. The largest absolute Gasteiger partial charge is 0.338 e. The first-order chi connectivity index (χ1) is 9.81. The van der Waals surface area contributed by atoms with Gasteiger partial charge in [0.05, 0.1) is 0 Å². The van der Waals surface area contributed by atoms with Crippen LogP contribution in [0.1, 0.15) is 51.9 Å². The summed E-state index contributed by atoms with van der Waals surface area (Å²) in [5, 5.41) is 0. The highest BCUT2D eigenvalue weighted by molar-refractivity contribution is 5.80. The third-order valence-electron chi connectivity index (χ3n) is 5.47. The Kier molecular flexibility index (Phi) is 4.45. The van der Waals surface area contributed by atoms with Crippen molar-refractivity contribution in [2.24, 2.45) is 5.92 Å². The van der Waals surface area contributed by atoms with Crippen LogP contribution in [0, 0.1) is 5.92 Å². The van der Waals surface area contributed by atoms with Crippen molar-refractivity contribution in [2.75, 3.05) is 19.6 Å². The van der Waals surface area contributed by atoms with E-state index >= 15 is 0 Å². The Hall–Kier alpha value is -0.830. The lowest BCUT2D eigenvalue weighted by atomic mass is 9.92. The average Bonchev–Trinajstić information content (AvgIpc) is 3.15. The number of carbonyl (C=O) groups is 1. The smallest absolute Gasteiger partial charge is 0.226 e. The van der Waals surface area contributed by atoms with E-state index in [1.54, 1.807) is 0 Å². The van der Waals surface area contributed by atoms with Crippen molar-refractivity contribution in [3.8, 4) is 0 Å². The van der Waals surface area contributed by atoms with Gasteiger partial charge in [0.2, 0.25) is 5.91 Å². The number of likely N-dealkylation sites (tertiary alicyclic amines) is 2. The molecule has 3 rings (SSSR count). The van der Waals surface area contributed by atoms with Crippen LogP contribution in [0.15, 0.2) is 12.2 Å². The third-order valence-corrected chi connectivity index (χ3v) is 5.47. The van der Waals surface area contributed by atoms with Gasteiger partial charge < -0.3 is 4.90 Å². The Morgan fingerprint density at radius 2 is 1.90 bits per heavy atom. The number of likely N-dealkylation sites (N-methyl/N-ethyl adjacent to an activating group) is 1. The van der Waals surface area contributed by atoms with Crippen LogP contribution < -0.4 is 0 Å². The minimum absolute atomic E-state index is 0.261. The van der Waals surface area contributed by atoms with E-state index in [1.807, 2.05) is 0 Å². The first-order valence-electron chi connectivity index (χ1n) is 8.50. The summed E-state index contributed by atoms with van der Waals surface area (Å²) >= 11 is 0. The standard InChI is InChI=1S/C17H28N2O/c1-2-18-12-6-10-15(18)16-11-7-13-19(16)17(20)14-8-4-3-5-9-14/h3-4,14-16H,2,5-13H2,1H3/t14-,15-,16+/m1/s1. The molecule has 0 saturated carbocycles. The monoisotopic (exact) mass is 276 g/mol. The molecule has 2 heterocycles. The fourth-order valence-electron chi connectivity index (χ4n) is 4.40. The topological polar surface area (TPSA) is 23.6 Å². The van der Waals surface area contributed by atoms with E-state index in [9.17, 15) is 4.79 Å². The lowest BCUT2D eigenvalue weighted by Gasteiger charge is -2.36. The van der Waals surface area contributed by atoms with Gasteiger partial charge >= 0.3 is 0 Å². The SMILES string of the molecule is CCN1CCC[C@@H]1[C@@H]1CCCN1C(=O)[C@@H]1CC=CCC1. The Balaban J connectivity index is 1.68. The van der Waals surface area contributed by atoms with Gasteiger partial charge in [0.1, 0.15) is 0 Å². The maximum absolute atomic E-state index is 12.8. The Labute approximate surface area is 123 Å². The predicted octanol–water partition coefficient (Wildman–Crippen LogP) is 2.82. The first-order valence-corrected chi connectivity index (χ1v) is 8.50. The molecule has 112 valence electrons. The van der Waals surface area contributed by atoms with E-state index in [-0.39, 0.29) is 5.92 Å². The van der Waals surface area contributed by atoms with E-state index in [4.69, 9.17) is 0 Å². The van der Waals surface area contributed by atoms with E-state index < -0.39 is 0 Å². The highest BCUT2D eigenvalue weighted by Gasteiger charge is 2.40. The number of allylic oxidation sites excluding steroid dienone is 2. The number of hydrogen-bond acceptors (Lipinski definition) is 2. The van der Waals surface area contributed by atoms with Gasteiger partial charge in [0, 0.05) is 24.5 Å². The van der Waals surface area contributed by atoms with Gasteiger partial charge in [-0.3, -0.25) is 9.69 Å². The molecular formula is C17H28N2O. The second kappa shape index (κ2) is 6.30. The highest BCUT2D eigenvalue weighted by Crippen LogP contribution is 2.32. The maximum Gasteiger partial charge on any atom is 0.226 e. The first kappa shape index (κ1) is 14.1. The maximum atomic E-state index is 12.8. The molecule has 0 spiro atoms. The molecule has 3 nitrogen and oxygen atoms in total. The molecule has 0 N–H and O–H groups in total. The van der Waals surface area contributed by atoms with Gasteiger partial charge in [-0.15, -0.1) is 0 Å². The average molecular weight is 276 g/mol. The summed E-state index contributed by atoms with van der Waals surface area (Å²) in [5.74, 6) is 0.705. The van der Waals surface area contributed by atoms with Crippen molar-refractivity contribution in [3.63, 3.8) is 0 Å². The molecular weight excluding hydrogens is 248 g/mol. The summed E-state index contributed by atoms with van der Waals surface area (Å²) in [6, 6.07) is 1.13. The van der Waals surface area contributed by atoms with Crippen LogP contribution in [0.2, 0.25) is 0 Å². The number of nitrogens with zero attached hydrogens (tertiary/aromatic N) is 2. The minimum Gasteiger partial charge on any atom is -0.338 e. The molecule has 2 fully saturated rings. The van der Waals surface area contributed by atoms with Crippen LogP contribution in [0.4, 0.5) is 0 Å². The van der Waals surface area contributed by atoms with Crippen LogP contribution in [0.5, 0.6) is 0 Å². The normalized spacial score (nSPS) is 34.9. The molecule has 2 aliphatic heterocycles. The third kappa shape index (κ3) is 2.65. The molecule has 20 heavy (non-hydrogen) atoms. The van der Waals surface area contributed by atoms with Crippen molar-refractivity contribution < 1.29 is 4.79 Å². The van der Waals surface area contributed by atoms with Crippen LogP contribution in [0.25, 0.3) is 0 Å². The zero-order valence-electron chi connectivity index (χ0n) is 12.8. The zero-order chi connectivity index (χ0) is 13.9. The van der Waals surface area contributed by atoms with Crippen molar-refractivity contribution >= 4 is 5.91 Å². The van der Waals surface area contributed by atoms with Gasteiger partial charge in [-0.05, 0) is 58.0 Å². The molecule has 0 aromatic carbocycles.